The summed E-state index contributed by atoms with van der Waals surface area (Å²) in [7, 11) is 0. The molecule has 1 aliphatic rings. The van der Waals surface area contributed by atoms with Crippen LogP contribution in [0.1, 0.15) is 31.2 Å². The minimum Gasteiger partial charge on any atom is -0.326 e. The van der Waals surface area contributed by atoms with Crippen LogP contribution in [-0.2, 0) is 0 Å². The van der Waals surface area contributed by atoms with Crippen molar-refractivity contribution in [3.05, 3.63) is 22.4 Å². The third-order valence-corrected chi connectivity index (χ3v) is 4.90. The predicted octanol–water partition coefficient (Wildman–Crippen LogP) is 2.16. The second-order valence-corrected chi connectivity index (χ2v) is 5.98. The summed E-state index contributed by atoms with van der Waals surface area (Å²) in [4.78, 5) is 6.51. The number of thiophene rings is 1. The van der Waals surface area contributed by atoms with Gasteiger partial charge < -0.3 is 10.6 Å². The molecule has 4 heteroatoms. The second kappa shape index (κ2) is 6.66. The molecule has 2 atom stereocenters. The van der Waals surface area contributed by atoms with Gasteiger partial charge in [0.2, 0.25) is 0 Å². The topological polar surface area (TPSA) is 32.5 Å². The Morgan fingerprint density at radius 3 is 2.50 bits per heavy atom. The van der Waals surface area contributed by atoms with E-state index < -0.39 is 0 Å². The van der Waals surface area contributed by atoms with Gasteiger partial charge in [0, 0.05) is 37.1 Å². The maximum Gasteiger partial charge on any atom is 0.0594 e. The first-order valence-electron chi connectivity index (χ1n) is 7.01. The van der Waals surface area contributed by atoms with E-state index in [1.807, 2.05) is 11.3 Å². The fraction of sp³-hybridized carbons (Fsp3) is 0.714. The van der Waals surface area contributed by atoms with Crippen LogP contribution in [0.25, 0.3) is 0 Å². The van der Waals surface area contributed by atoms with E-state index >= 15 is 0 Å². The van der Waals surface area contributed by atoms with Crippen molar-refractivity contribution in [2.45, 2.75) is 32.4 Å². The van der Waals surface area contributed by atoms with E-state index in [9.17, 15) is 0 Å². The van der Waals surface area contributed by atoms with Crippen molar-refractivity contribution < 1.29 is 0 Å². The predicted molar refractivity (Wildman–Crippen MR) is 79.0 cm³/mol. The minimum atomic E-state index is 0.247. The van der Waals surface area contributed by atoms with E-state index in [1.54, 1.807) is 0 Å². The van der Waals surface area contributed by atoms with Crippen LogP contribution in [0.4, 0.5) is 0 Å². The minimum absolute atomic E-state index is 0.247. The van der Waals surface area contributed by atoms with Crippen LogP contribution in [0.2, 0.25) is 0 Å². The van der Waals surface area contributed by atoms with Crippen LogP contribution in [0.5, 0.6) is 0 Å². The lowest BCUT2D eigenvalue weighted by Gasteiger charge is -2.40. The normalized spacial score (nSPS) is 21.9. The number of nitrogens with two attached hydrogens (primary N) is 1. The fourth-order valence-corrected chi connectivity index (χ4v) is 3.64. The number of hydrogen-bond acceptors (Lipinski definition) is 4. The Morgan fingerprint density at radius 1 is 1.28 bits per heavy atom. The Labute approximate surface area is 115 Å². The summed E-state index contributed by atoms with van der Waals surface area (Å²) in [5.74, 6) is 0. The highest BCUT2D eigenvalue weighted by molar-refractivity contribution is 7.10. The molecule has 1 saturated heterocycles. The molecule has 2 rings (SSSR count). The quantitative estimate of drug-likeness (QED) is 0.887. The maximum absolute atomic E-state index is 6.36. The van der Waals surface area contributed by atoms with Crippen LogP contribution in [-0.4, -0.2) is 48.6 Å². The zero-order valence-corrected chi connectivity index (χ0v) is 12.3. The lowest BCUT2D eigenvalue weighted by molar-refractivity contribution is 0.0880. The molecule has 2 N–H and O–H groups in total. The highest BCUT2D eigenvalue weighted by Gasteiger charge is 2.28. The van der Waals surface area contributed by atoms with Gasteiger partial charge in [-0.3, -0.25) is 4.90 Å². The highest BCUT2D eigenvalue weighted by atomic mass is 32.1. The largest absolute Gasteiger partial charge is 0.326 e. The molecule has 2 unspecified atom stereocenters. The van der Waals surface area contributed by atoms with Crippen molar-refractivity contribution in [2.24, 2.45) is 5.73 Å². The average Bonchev–Trinajstić information content (AvgIpc) is 2.93. The van der Waals surface area contributed by atoms with Gasteiger partial charge in [-0.15, -0.1) is 11.3 Å². The molecule has 0 bridgehead atoms. The van der Waals surface area contributed by atoms with Crippen molar-refractivity contribution >= 4 is 11.3 Å². The Kier molecular flexibility index (Phi) is 5.18. The van der Waals surface area contributed by atoms with Gasteiger partial charge in [0.25, 0.3) is 0 Å². The molecular weight excluding hydrogens is 242 g/mol. The van der Waals surface area contributed by atoms with E-state index in [4.69, 9.17) is 5.73 Å². The van der Waals surface area contributed by atoms with Gasteiger partial charge in [0.1, 0.15) is 0 Å². The maximum atomic E-state index is 6.36. The third kappa shape index (κ3) is 3.12. The summed E-state index contributed by atoms with van der Waals surface area (Å²) in [6.45, 7) is 10.2. The summed E-state index contributed by atoms with van der Waals surface area (Å²) < 4.78 is 0. The van der Waals surface area contributed by atoms with Crippen molar-refractivity contribution in [1.29, 1.82) is 0 Å². The van der Waals surface area contributed by atoms with Crippen LogP contribution in [0, 0.1) is 0 Å². The zero-order valence-electron chi connectivity index (χ0n) is 11.5. The van der Waals surface area contributed by atoms with E-state index in [1.165, 1.54) is 18.0 Å². The van der Waals surface area contributed by atoms with Crippen LogP contribution >= 0.6 is 11.3 Å². The van der Waals surface area contributed by atoms with Gasteiger partial charge >= 0.3 is 0 Å². The number of piperazine rings is 1. The number of rotatable bonds is 5. The summed E-state index contributed by atoms with van der Waals surface area (Å²) in [5, 5.41) is 2.16. The third-order valence-electron chi connectivity index (χ3n) is 3.96. The van der Waals surface area contributed by atoms with Gasteiger partial charge in [-0.25, -0.2) is 0 Å². The number of hydrogen-bond donors (Lipinski definition) is 1. The first-order valence-corrected chi connectivity index (χ1v) is 7.89. The van der Waals surface area contributed by atoms with Crippen LogP contribution in [0.3, 0.4) is 0 Å². The smallest absolute Gasteiger partial charge is 0.0594 e. The Bertz CT molecular complexity index is 331. The molecule has 0 amide bonds. The molecule has 0 radical (unpaired) electrons. The summed E-state index contributed by atoms with van der Waals surface area (Å²) in [5.41, 5.74) is 6.36. The van der Waals surface area contributed by atoms with E-state index in [0.717, 1.165) is 26.1 Å². The fourth-order valence-electron chi connectivity index (χ4n) is 2.70. The molecule has 1 fully saturated rings. The Balaban J connectivity index is 2.06. The second-order valence-electron chi connectivity index (χ2n) is 5.00. The Hall–Kier alpha value is -0.420. The molecule has 0 saturated carbocycles. The Morgan fingerprint density at radius 2 is 2.00 bits per heavy atom. The molecule has 0 aromatic carbocycles. The van der Waals surface area contributed by atoms with Crippen LogP contribution < -0.4 is 5.73 Å². The van der Waals surface area contributed by atoms with Gasteiger partial charge in [-0.1, -0.05) is 19.9 Å². The average molecular weight is 267 g/mol. The van der Waals surface area contributed by atoms with E-state index in [2.05, 4.69) is 41.2 Å². The standard InChI is InChI=1S/C14H25N3S/c1-3-12(15)14(13-6-5-11-18-13)17-9-7-16(4-2)8-10-17/h5-6,11-12,14H,3-4,7-10,15H2,1-2H3. The van der Waals surface area contributed by atoms with Gasteiger partial charge in [-0.2, -0.15) is 0 Å². The summed E-state index contributed by atoms with van der Waals surface area (Å²) in [6, 6.07) is 5.03. The summed E-state index contributed by atoms with van der Waals surface area (Å²) in [6.07, 6.45) is 1.04. The molecule has 1 aliphatic heterocycles. The van der Waals surface area contributed by atoms with Crippen molar-refractivity contribution in [3.63, 3.8) is 0 Å². The molecule has 1 aromatic rings. The first kappa shape index (κ1) is 14.0. The molecular formula is C14H25N3S. The van der Waals surface area contributed by atoms with Gasteiger partial charge in [0.05, 0.1) is 6.04 Å². The molecule has 0 aliphatic carbocycles. The van der Waals surface area contributed by atoms with E-state index in [0.29, 0.717) is 6.04 Å². The zero-order chi connectivity index (χ0) is 13.0. The van der Waals surface area contributed by atoms with E-state index in [-0.39, 0.29) is 6.04 Å². The lowest BCUT2D eigenvalue weighted by Crippen LogP contribution is -2.51. The lowest BCUT2D eigenvalue weighted by atomic mass is 10.0. The summed E-state index contributed by atoms with van der Waals surface area (Å²) >= 11 is 1.84. The molecule has 1 aromatic heterocycles. The van der Waals surface area contributed by atoms with Crippen LogP contribution in [0.15, 0.2) is 17.5 Å². The molecule has 102 valence electrons. The van der Waals surface area contributed by atoms with Crippen molar-refractivity contribution in [2.75, 3.05) is 32.7 Å². The van der Waals surface area contributed by atoms with Gasteiger partial charge in [-0.05, 0) is 24.4 Å². The monoisotopic (exact) mass is 267 g/mol. The molecule has 0 spiro atoms. The molecule has 2 heterocycles. The molecule has 18 heavy (non-hydrogen) atoms. The highest BCUT2D eigenvalue weighted by Crippen LogP contribution is 2.29. The first-order chi connectivity index (χ1) is 8.76. The number of nitrogens with zero attached hydrogens (tertiary/aromatic N) is 2. The van der Waals surface area contributed by atoms with Crippen molar-refractivity contribution in [1.82, 2.24) is 9.80 Å². The molecule has 3 nitrogen and oxygen atoms in total. The van der Waals surface area contributed by atoms with Gasteiger partial charge in [0.15, 0.2) is 0 Å². The van der Waals surface area contributed by atoms with Crippen molar-refractivity contribution in [3.8, 4) is 0 Å². The number of likely N-dealkylation sites (N-methyl/N-ethyl adjacent to an activating group) is 1. The SMILES string of the molecule is CCC(N)C(c1cccs1)N1CCN(CC)CC1.